The summed E-state index contributed by atoms with van der Waals surface area (Å²) in [7, 11) is 1.31. The van der Waals surface area contributed by atoms with E-state index in [1.54, 1.807) is 36.4 Å². The van der Waals surface area contributed by atoms with Crippen molar-refractivity contribution in [2.45, 2.75) is 0 Å². The van der Waals surface area contributed by atoms with Crippen LogP contribution in [-0.4, -0.2) is 28.3 Å². The van der Waals surface area contributed by atoms with Crippen molar-refractivity contribution in [2.24, 2.45) is 4.99 Å². The van der Waals surface area contributed by atoms with Crippen LogP contribution < -0.4 is 4.74 Å². The molecule has 3 aromatic carbocycles. The number of nitro benzene ring substituents is 1. The number of nitro groups is 1. The van der Waals surface area contributed by atoms with Gasteiger partial charge in [-0.3, -0.25) is 15.1 Å². The molecule has 10 heteroatoms. The number of nitrogens with zero attached hydrogens (tertiary/aromatic N) is 3. The molecule has 1 heterocycles. The summed E-state index contributed by atoms with van der Waals surface area (Å²) in [5.74, 6) is 0.103. The third kappa shape index (κ3) is 4.16. The van der Waals surface area contributed by atoms with Gasteiger partial charge in [0, 0.05) is 23.4 Å². The first kappa shape index (κ1) is 20.6. The summed E-state index contributed by atoms with van der Waals surface area (Å²) in [5.41, 5.74) is 2.18. The number of halogens is 2. The average Bonchev–Trinajstić information content (AvgIpc) is 3.18. The molecule has 4 rings (SSSR count). The number of oxazole rings is 1. The maximum absolute atomic E-state index is 11.1. The quantitative estimate of drug-likeness (QED) is 0.217. The van der Waals surface area contributed by atoms with Crippen LogP contribution in [0.4, 0.5) is 11.4 Å². The number of aromatic hydroxyl groups is 1. The van der Waals surface area contributed by atoms with E-state index < -0.39 is 4.92 Å². The number of phenols is 1. The van der Waals surface area contributed by atoms with Gasteiger partial charge in [0.2, 0.25) is 5.89 Å². The van der Waals surface area contributed by atoms with Crippen LogP contribution in [-0.2, 0) is 0 Å². The molecule has 1 N–H and O–H groups in total. The van der Waals surface area contributed by atoms with Gasteiger partial charge < -0.3 is 14.3 Å². The predicted octanol–water partition coefficient (Wildman–Crippen LogP) is 6.17. The predicted molar refractivity (Wildman–Crippen MR) is 118 cm³/mol. The van der Waals surface area contributed by atoms with E-state index in [-0.39, 0.29) is 22.7 Å². The fourth-order valence-electron chi connectivity index (χ4n) is 2.87. The summed E-state index contributed by atoms with van der Waals surface area (Å²) in [6.45, 7) is 0. The van der Waals surface area contributed by atoms with Crippen LogP contribution in [0, 0.1) is 10.1 Å². The first-order valence-electron chi connectivity index (χ1n) is 8.81. The van der Waals surface area contributed by atoms with E-state index >= 15 is 0 Å². The molecule has 0 atom stereocenters. The van der Waals surface area contributed by atoms with Gasteiger partial charge in [-0.15, -0.1) is 0 Å². The number of aliphatic imine (C=N–C) groups is 1. The Labute approximate surface area is 185 Å². The monoisotopic (exact) mass is 457 g/mol. The third-order valence-electron chi connectivity index (χ3n) is 4.41. The molecule has 8 nitrogen and oxygen atoms in total. The highest BCUT2D eigenvalue weighted by atomic mass is 35.5. The minimum atomic E-state index is -0.578. The number of methoxy groups -OCH3 is 1. The molecule has 0 radical (unpaired) electrons. The van der Waals surface area contributed by atoms with Crippen LogP contribution in [0.15, 0.2) is 57.9 Å². The van der Waals surface area contributed by atoms with Crippen molar-refractivity contribution in [3.05, 3.63) is 74.3 Å². The number of ether oxygens (including phenoxy) is 1. The van der Waals surface area contributed by atoms with Crippen molar-refractivity contribution >= 4 is 51.9 Å². The van der Waals surface area contributed by atoms with Crippen LogP contribution in [0.5, 0.6) is 11.5 Å². The maximum Gasteiger partial charge on any atom is 0.274 e. The fraction of sp³-hybridized carbons (Fsp3) is 0.0476. The van der Waals surface area contributed by atoms with Crippen LogP contribution in [0.25, 0.3) is 22.6 Å². The van der Waals surface area contributed by atoms with E-state index in [4.69, 9.17) is 32.4 Å². The molecule has 31 heavy (non-hydrogen) atoms. The summed E-state index contributed by atoms with van der Waals surface area (Å²) in [4.78, 5) is 19.3. The summed E-state index contributed by atoms with van der Waals surface area (Å²) in [6, 6.07) is 12.5. The van der Waals surface area contributed by atoms with Gasteiger partial charge in [0.15, 0.2) is 17.1 Å². The molecule has 0 saturated carbocycles. The molecule has 156 valence electrons. The molecular weight excluding hydrogens is 445 g/mol. The Morgan fingerprint density at radius 1 is 1.16 bits per heavy atom. The molecule has 0 unspecified atom stereocenters. The standard InChI is InChI=1S/C21H13Cl2N3O5/c1-30-19-9-14(26(28)29)6-12(20(19)27)10-24-13-3-5-18-17(8-13)25-21(31-18)11-2-4-15(22)16(23)7-11/h2-10,27H,1H3. The number of hydrogen-bond acceptors (Lipinski definition) is 7. The van der Waals surface area contributed by atoms with Gasteiger partial charge in [0.1, 0.15) is 5.52 Å². The van der Waals surface area contributed by atoms with Crippen LogP contribution >= 0.6 is 23.2 Å². The molecule has 0 aliphatic carbocycles. The van der Waals surface area contributed by atoms with Crippen molar-refractivity contribution < 1.29 is 19.2 Å². The Balaban J connectivity index is 1.68. The van der Waals surface area contributed by atoms with E-state index in [0.29, 0.717) is 38.3 Å². The van der Waals surface area contributed by atoms with Crippen molar-refractivity contribution in [1.29, 1.82) is 0 Å². The molecule has 1 aromatic heterocycles. The van der Waals surface area contributed by atoms with Gasteiger partial charge in [-0.05, 0) is 36.4 Å². The van der Waals surface area contributed by atoms with Crippen LogP contribution in [0.3, 0.4) is 0 Å². The Morgan fingerprint density at radius 2 is 1.97 bits per heavy atom. The number of aromatic nitrogens is 1. The second-order valence-electron chi connectivity index (χ2n) is 6.40. The highest BCUT2D eigenvalue weighted by Gasteiger charge is 2.16. The molecule has 4 aromatic rings. The van der Waals surface area contributed by atoms with Gasteiger partial charge >= 0.3 is 0 Å². The topological polar surface area (TPSA) is 111 Å². The van der Waals surface area contributed by atoms with E-state index in [2.05, 4.69) is 9.98 Å². The fourth-order valence-corrected chi connectivity index (χ4v) is 3.16. The lowest BCUT2D eigenvalue weighted by Crippen LogP contribution is -1.94. The van der Waals surface area contributed by atoms with Gasteiger partial charge in [0.05, 0.1) is 33.8 Å². The number of fused-ring (bicyclic) bond motifs is 1. The largest absolute Gasteiger partial charge is 0.504 e. The van der Waals surface area contributed by atoms with E-state index in [0.717, 1.165) is 6.07 Å². The van der Waals surface area contributed by atoms with Crippen molar-refractivity contribution in [2.75, 3.05) is 7.11 Å². The molecule has 0 bridgehead atoms. The van der Waals surface area contributed by atoms with Gasteiger partial charge in [0.25, 0.3) is 5.69 Å². The number of non-ortho nitro benzene ring substituents is 1. The summed E-state index contributed by atoms with van der Waals surface area (Å²) >= 11 is 12.0. The number of rotatable bonds is 5. The summed E-state index contributed by atoms with van der Waals surface area (Å²) < 4.78 is 10.8. The lowest BCUT2D eigenvalue weighted by atomic mass is 10.1. The Hall–Kier alpha value is -3.62. The van der Waals surface area contributed by atoms with E-state index in [1.807, 2.05) is 0 Å². The zero-order chi connectivity index (χ0) is 22.1. The van der Waals surface area contributed by atoms with Crippen molar-refractivity contribution in [3.8, 4) is 23.0 Å². The Kier molecular flexibility index (Phi) is 5.50. The molecule has 0 saturated heterocycles. The molecule has 0 aliphatic rings. The summed E-state index contributed by atoms with van der Waals surface area (Å²) in [5, 5.41) is 22.1. The second-order valence-corrected chi connectivity index (χ2v) is 7.22. The van der Waals surface area contributed by atoms with Crippen molar-refractivity contribution in [1.82, 2.24) is 4.98 Å². The normalized spacial score (nSPS) is 11.3. The number of benzene rings is 3. The minimum absolute atomic E-state index is 0.0196. The number of phenolic OH excluding ortho intramolecular Hbond substituents is 1. The Morgan fingerprint density at radius 3 is 2.68 bits per heavy atom. The zero-order valence-electron chi connectivity index (χ0n) is 15.9. The SMILES string of the molecule is COc1cc([N+](=O)[O-])cc(C=Nc2ccc3oc(-c4ccc(Cl)c(Cl)c4)nc3c2)c1O. The van der Waals surface area contributed by atoms with Gasteiger partial charge in [-0.2, -0.15) is 0 Å². The average molecular weight is 458 g/mol. The molecule has 0 fully saturated rings. The molecule has 0 amide bonds. The lowest BCUT2D eigenvalue weighted by Gasteiger charge is -2.05. The lowest BCUT2D eigenvalue weighted by molar-refractivity contribution is -0.385. The molecule has 0 spiro atoms. The smallest absolute Gasteiger partial charge is 0.274 e. The first-order valence-corrected chi connectivity index (χ1v) is 9.57. The zero-order valence-corrected chi connectivity index (χ0v) is 17.4. The second kappa shape index (κ2) is 8.25. The molecule has 0 aliphatic heterocycles. The van der Waals surface area contributed by atoms with E-state index in [1.165, 1.54) is 19.4 Å². The first-order chi connectivity index (χ1) is 14.9. The third-order valence-corrected chi connectivity index (χ3v) is 5.15. The highest BCUT2D eigenvalue weighted by Crippen LogP contribution is 2.34. The molecular formula is C21H13Cl2N3O5. The number of hydrogen-bond donors (Lipinski definition) is 1. The van der Waals surface area contributed by atoms with Gasteiger partial charge in [-0.25, -0.2) is 4.98 Å². The van der Waals surface area contributed by atoms with E-state index in [9.17, 15) is 15.2 Å². The minimum Gasteiger partial charge on any atom is -0.504 e. The summed E-state index contributed by atoms with van der Waals surface area (Å²) in [6.07, 6.45) is 1.31. The van der Waals surface area contributed by atoms with Crippen LogP contribution in [0.2, 0.25) is 10.0 Å². The van der Waals surface area contributed by atoms with Gasteiger partial charge in [-0.1, -0.05) is 23.2 Å². The highest BCUT2D eigenvalue weighted by molar-refractivity contribution is 6.42. The Bertz CT molecular complexity index is 1350. The maximum atomic E-state index is 11.1. The van der Waals surface area contributed by atoms with Crippen LogP contribution in [0.1, 0.15) is 5.56 Å². The van der Waals surface area contributed by atoms with Crippen molar-refractivity contribution in [3.63, 3.8) is 0 Å².